The smallest absolute Gasteiger partial charge is 0.0735 e. The SMILES string of the molecule is B.CC1=C2CC(CC1)C2(C)C. The molecule has 1 fully saturated rings. The van der Waals surface area contributed by atoms with Crippen LogP contribution >= 0.6 is 0 Å². The fourth-order valence-corrected chi connectivity index (χ4v) is 2.61. The molecule has 62 valence electrons. The van der Waals surface area contributed by atoms with Crippen molar-refractivity contribution in [3.8, 4) is 0 Å². The van der Waals surface area contributed by atoms with Crippen molar-refractivity contribution in [1.82, 2.24) is 0 Å². The summed E-state index contributed by atoms with van der Waals surface area (Å²) in [7, 11) is 0. The number of hydrogen-bond acceptors (Lipinski definition) is 0. The lowest BCUT2D eigenvalue weighted by molar-refractivity contribution is 0.133. The molecule has 0 aromatic heterocycles. The van der Waals surface area contributed by atoms with Crippen LogP contribution in [0.1, 0.15) is 40.0 Å². The monoisotopic (exact) mass is 150 g/mol. The van der Waals surface area contributed by atoms with Gasteiger partial charge >= 0.3 is 0 Å². The first-order valence-corrected chi connectivity index (χ1v) is 4.31. The van der Waals surface area contributed by atoms with Gasteiger partial charge in [0.2, 0.25) is 0 Å². The minimum absolute atomic E-state index is 0. The highest BCUT2D eigenvalue weighted by Gasteiger charge is 2.46. The van der Waals surface area contributed by atoms with Crippen molar-refractivity contribution in [2.75, 3.05) is 0 Å². The second-order valence-electron chi connectivity index (χ2n) is 4.42. The van der Waals surface area contributed by atoms with Crippen LogP contribution in [0.3, 0.4) is 0 Å². The average Bonchev–Trinajstić information content (AvgIpc) is 1.87. The van der Waals surface area contributed by atoms with Gasteiger partial charge in [-0.05, 0) is 37.5 Å². The average molecular weight is 150 g/mol. The third-order valence-corrected chi connectivity index (χ3v) is 3.63. The fraction of sp³-hybridized carbons (Fsp3) is 0.800. The highest BCUT2D eigenvalue weighted by Crippen LogP contribution is 2.58. The van der Waals surface area contributed by atoms with Crippen LogP contribution in [0.15, 0.2) is 11.1 Å². The summed E-state index contributed by atoms with van der Waals surface area (Å²) in [6.07, 6.45) is 4.24. The summed E-state index contributed by atoms with van der Waals surface area (Å²) >= 11 is 0. The molecule has 2 bridgehead atoms. The Bertz CT molecular complexity index is 201. The third kappa shape index (κ3) is 0.971. The molecule has 0 radical (unpaired) electrons. The maximum atomic E-state index is 2.40. The zero-order valence-corrected chi connectivity index (χ0v) is 7.20. The zero-order chi connectivity index (χ0) is 7.35. The predicted octanol–water partition coefficient (Wildman–Crippen LogP) is 1.96. The highest BCUT2D eigenvalue weighted by atomic mass is 14.5. The topological polar surface area (TPSA) is 0 Å². The molecule has 1 saturated carbocycles. The third-order valence-electron chi connectivity index (χ3n) is 3.63. The normalized spacial score (nSPS) is 32.5. The largest absolute Gasteiger partial charge is 0.0814 e. The van der Waals surface area contributed by atoms with Crippen LogP contribution < -0.4 is 0 Å². The van der Waals surface area contributed by atoms with Crippen molar-refractivity contribution in [1.29, 1.82) is 0 Å². The Hall–Kier alpha value is -0.195. The predicted molar refractivity (Wildman–Crippen MR) is 53.8 cm³/mol. The van der Waals surface area contributed by atoms with E-state index in [4.69, 9.17) is 0 Å². The Morgan fingerprint density at radius 1 is 1.36 bits per heavy atom. The van der Waals surface area contributed by atoms with Crippen molar-refractivity contribution in [2.45, 2.75) is 40.0 Å². The van der Waals surface area contributed by atoms with Gasteiger partial charge in [-0.3, -0.25) is 0 Å². The Balaban J connectivity index is 0.000000605. The van der Waals surface area contributed by atoms with Crippen molar-refractivity contribution < 1.29 is 0 Å². The molecule has 0 amide bonds. The molecule has 0 heterocycles. The molecular weight excluding hydrogens is 131 g/mol. The Morgan fingerprint density at radius 2 is 2.00 bits per heavy atom. The first kappa shape index (κ1) is 8.90. The summed E-state index contributed by atoms with van der Waals surface area (Å²) in [5, 5.41) is 0. The summed E-state index contributed by atoms with van der Waals surface area (Å²) in [5.74, 6) is 1.02. The second-order valence-corrected chi connectivity index (χ2v) is 4.42. The molecule has 0 aromatic rings. The van der Waals surface area contributed by atoms with E-state index in [1.807, 2.05) is 0 Å². The highest BCUT2D eigenvalue weighted by molar-refractivity contribution is 5.75. The molecule has 0 aromatic carbocycles. The minimum atomic E-state index is 0. The number of hydrogen-bond donors (Lipinski definition) is 0. The van der Waals surface area contributed by atoms with E-state index in [1.54, 1.807) is 11.1 Å². The first-order chi connectivity index (χ1) is 4.62. The van der Waals surface area contributed by atoms with Crippen LogP contribution in [0, 0.1) is 11.3 Å². The quantitative estimate of drug-likeness (QED) is 0.365. The van der Waals surface area contributed by atoms with Gasteiger partial charge in [-0.1, -0.05) is 25.0 Å². The van der Waals surface area contributed by atoms with Gasteiger partial charge in [0.25, 0.3) is 0 Å². The molecule has 3 aliphatic carbocycles. The minimum Gasteiger partial charge on any atom is -0.0735 e. The lowest BCUT2D eigenvalue weighted by Crippen LogP contribution is -2.41. The molecule has 0 aliphatic heterocycles. The van der Waals surface area contributed by atoms with E-state index in [0.717, 1.165) is 5.92 Å². The van der Waals surface area contributed by atoms with E-state index in [9.17, 15) is 0 Å². The first-order valence-electron chi connectivity index (χ1n) is 4.31. The standard InChI is InChI=1S/C10H16.BH3/c1-7-4-5-8-6-9(7)10(8,2)3;/h8H,4-6H2,1-3H3;1H3. The molecule has 3 rings (SSSR count). The molecule has 0 N–H and O–H groups in total. The lowest BCUT2D eigenvalue weighted by atomic mass is 9.52. The van der Waals surface area contributed by atoms with Gasteiger partial charge in [0.1, 0.15) is 0 Å². The van der Waals surface area contributed by atoms with Gasteiger partial charge in [0.05, 0.1) is 8.41 Å². The summed E-state index contributed by atoms with van der Waals surface area (Å²) in [6.45, 7) is 7.12. The maximum absolute atomic E-state index is 2.40. The lowest BCUT2D eigenvalue weighted by Gasteiger charge is -2.52. The van der Waals surface area contributed by atoms with Gasteiger partial charge in [-0.15, -0.1) is 0 Å². The van der Waals surface area contributed by atoms with Gasteiger partial charge in [-0.2, -0.15) is 0 Å². The molecule has 0 spiro atoms. The number of rotatable bonds is 0. The van der Waals surface area contributed by atoms with Gasteiger partial charge in [0.15, 0.2) is 0 Å². The molecule has 3 aliphatic rings. The van der Waals surface area contributed by atoms with E-state index in [0.29, 0.717) is 5.41 Å². The van der Waals surface area contributed by atoms with Gasteiger partial charge in [-0.25, -0.2) is 0 Å². The van der Waals surface area contributed by atoms with Crippen LogP contribution in [0.4, 0.5) is 0 Å². The number of allylic oxidation sites excluding steroid dienone is 2. The van der Waals surface area contributed by atoms with Crippen LogP contribution in [0.2, 0.25) is 0 Å². The van der Waals surface area contributed by atoms with Crippen LogP contribution in [0.25, 0.3) is 0 Å². The molecule has 1 heteroatoms. The zero-order valence-electron chi connectivity index (χ0n) is 7.20. The van der Waals surface area contributed by atoms with Gasteiger partial charge in [0, 0.05) is 0 Å². The van der Waals surface area contributed by atoms with Crippen LogP contribution in [-0.2, 0) is 0 Å². The Labute approximate surface area is 71.6 Å². The van der Waals surface area contributed by atoms with Gasteiger partial charge < -0.3 is 0 Å². The van der Waals surface area contributed by atoms with Crippen molar-refractivity contribution >= 4 is 8.41 Å². The fourth-order valence-electron chi connectivity index (χ4n) is 2.61. The van der Waals surface area contributed by atoms with E-state index in [2.05, 4.69) is 20.8 Å². The molecule has 11 heavy (non-hydrogen) atoms. The summed E-state index contributed by atoms with van der Waals surface area (Å²) in [4.78, 5) is 0. The van der Waals surface area contributed by atoms with Crippen molar-refractivity contribution in [3.63, 3.8) is 0 Å². The van der Waals surface area contributed by atoms with Crippen LogP contribution in [-0.4, -0.2) is 8.41 Å². The maximum Gasteiger partial charge on any atom is 0.0814 e. The van der Waals surface area contributed by atoms with Crippen molar-refractivity contribution in [2.24, 2.45) is 11.3 Å². The summed E-state index contributed by atoms with van der Waals surface area (Å²) in [6, 6.07) is 0. The molecule has 1 atom stereocenters. The van der Waals surface area contributed by atoms with E-state index >= 15 is 0 Å². The summed E-state index contributed by atoms with van der Waals surface area (Å²) < 4.78 is 0. The second kappa shape index (κ2) is 2.40. The van der Waals surface area contributed by atoms with E-state index in [-0.39, 0.29) is 8.41 Å². The molecular formula is C10H19B. The molecule has 1 unspecified atom stereocenters. The van der Waals surface area contributed by atoms with E-state index < -0.39 is 0 Å². The number of fused-ring (bicyclic) bond motifs is 2. The Kier molecular flexibility index (Phi) is 1.94. The summed E-state index contributed by atoms with van der Waals surface area (Å²) in [5.41, 5.74) is 4.04. The molecule has 0 saturated heterocycles. The van der Waals surface area contributed by atoms with Crippen LogP contribution in [0.5, 0.6) is 0 Å². The van der Waals surface area contributed by atoms with Crippen molar-refractivity contribution in [3.05, 3.63) is 11.1 Å². The van der Waals surface area contributed by atoms with E-state index in [1.165, 1.54) is 19.3 Å². The molecule has 0 nitrogen and oxygen atoms in total. The Morgan fingerprint density at radius 3 is 2.27 bits per heavy atom.